The maximum absolute atomic E-state index is 6.20. The van der Waals surface area contributed by atoms with E-state index in [1.807, 2.05) is 19.9 Å². The van der Waals surface area contributed by atoms with Crippen LogP contribution >= 0.6 is 23.8 Å². The number of hydrogen-bond donors (Lipinski definition) is 1. The van der Waals surface area contributed by atoms with Gasteiger partial charge in [-0.3, -0.25) is 0 Å². The van der Waals surface area contributed by atoms with E-state index in [0.29, 0.717) is 27.0 Å². The Morgan fingerprint density at radius 3 is 2.45 bits per heavy atom. The number of ether oxygens (including phenoxy) is 2. The summed E-state index contributed by atoms with van der Waals surface area (Å²) in [5.74, 6) is 1.70. The molecule has 0 aliphatic rings. The Labute approximate surface area is 127 Å². The molecule has 0 aliphatic carbocycles. The number of rotatable bonds is 3. The van der Waals surface area contributed by atoms with Gasteiger partial charge in [-0.1, -0.05) is 23.8 Å². The van der Waals surface area contributed by atoms with Crippen LogP contribution in [0, 0.1) is 18.5 Å². The van der Waals surface area contributed by atoms with Crippen molar-refractivity contribution in [3.8, 4) is 22.9 Å². The van der Waals surface area contributed by atoms with E-state index in [9.17, 15) is 0 Å². The summed E-state index contributed by atoms with van der Waals surface area (Å²) in [5, 5.41) is 0.459. The molecule has 0 atom stereocenters. The van der Waals surface area contributed by atoms with Crippen molar-refractivity contribution in [2.45, 2.75) is 13.8 Å². The van der Waals surface area contributed by atoms with Crippen LogP contribution < -0.4 is 9.47 Å². The van der Waals surface area contributed by atoms with Crippen LogP contribution in [0.15, 0.2) is 12.1 Å². The Morgan fingerprint density at radius 1 is 1.20 bits per heavy atom. The van der Waals surface area contributed by atoms with Crippen molar-refractivity contribution in [3.05, 3.63) is 33.1 Å². The van der Waals surface area contributed by atoms with E-state index < -0.39 is 0 Å². The molecule has 2 aromatic rings. The number of aromatic amines is 1. The van der Waals surface area contributed by atoms with Gasteiger partial charge in [-0.15, -0.1) is 0 Å². The van der Waals surface area contributed by atoms with Crippen molar-refractivity contribution in [1.29, 1.82) is 0 Å². The van der Waals surface area contributed by atoms with Gasteiger partial charge in [0, 0.05) is 16.8 Å². The highest BCUT2D eigenvalue weighted by Crippen LogP contribution is 2.38. The Balaban J connectivity index is 2.65. The molecule has 20 heavy (non-hydrogen) atoms. The van der Waals surface area contributed by atoms with Crippen LogP contribution in [0.1, 0.15) is 11.3 Å². The summed E-state index contributed by atoms with van der Waals surface area (Å²) in [4.78, 5) is 7.60. The highest BCUT2D eigenvalue weighted by atomic mass is 35.5. The zero-order chi connectivity index (χ0) is 14.9. The van der Waals surface area contributed by atoms with Crippen LogP contribution in [0.25, 0.3) is 11.4 Å². The first-order valence-electron chi connectivity index (χ1n) is 5.97. The van der Waals surface area contributed by atoms with Gasteiger partial charge in [0.25, 0.3) is 0 Å². The van der Waals surface area contributed by atoms with Crippen LogP contribution in [0.2, 0.25) is 5.02 Å². The van der Waals surface area contributed by atoms with Crippen LogP contribution in [0.3, 0.4) is 0 Å². The van der Waals surface area contributed by atoms with Gasteiger partial charge in [0.15, 0.2) is 11.5 Å². The van der Waals surface area contributed by atoms with Gasteiger partial charge < -0.3 is 14.5 Å². The number of H-pyrrole nitrogens is 1. The van der Waals surface area contributed by atoms with Gasteiger partial charge in [-0.05, 0) is 26.0 Å². The lowest BCUT2D eigenvalue weighted by molar-refractivity contribution is 0.355. The summed E-state index contributed by atoms with van der Waals surface area (Å²) < 4.78 is 11.1. The Morgan fingerprint density at radius 2 is 1.90 bits per heavy atom. The molecule has 0 aliphatic heterocycles. The maximum Gasteiger partial charge on any atom is 0.179 e. The van der Waals surface area contributed by atoms with Gasteiger partial charge in [0.2, 0.25) is 0 Å². The lowest BCUT2D eigenvalue weighted by atomic mass is 10.1. The third-order valence-corrected chi connectivity index (χ3v) is 3.79. The molecule has 4 nitrogen and oxygen atoms in total. The van der Waals surface area contributed by atoms with Gasteiger partial charge in [0.1, 0.15) is 10.5 Å². The van der Waals surface area contributed by atoms with Crippen molar-refractivity contribution in [3.63, 3.8) is 0 Å². The molecule has 0 bridgehead atoms. The van der Waals surface area contributed by atoms with E-state index in [0.717, 1.165) is 16.8 Å². The average Bonchev–Trinajstić information content (AvgIpc) is 2.43. The summed E-state index contributed by atoms with van der Waals surface area (Å²) in [6.45, 7) is 3.89. The smallest absolute Gasteiger partial charge is 0.179 e. The normalized spacial score (nSPS) is 10.4. The molecule has 6 heteroatoms. The Kier molecular flexibility index (Phi) is 4.30. The van der Waals surface area contributed by atoms with Crippen molar-refractivity contribution >= 4 is 23.8 Å². The molecule has 1 N–H and O–H groups in total. The van der Waals surface area contributed by atoms with E-state index in [4.69, 9.17) is 33.3 Å². The predicted octanol–water partition coefficient (Wildman–Crippen LogP) is 4.09. The van der Waals surface area contributed by atoms with Gasteiger partial charge >= 0.3 is 0 Å². The first-order valence-corrected chi connectivity index (χ1v) is 6.76. The third kappa shape index (κ3) is 2.64. The minimum Gasteiger partial charge on any atom is -0.493 e. The summed E-state index contributed by atoms with van der Waals surface area (Å²) in [5.41, 5.74) is 2.74. The molecule has 0 spiro atoms. The summed E-state index contributed by atoms with van der Waals surface area (Å²) in [7, 11) is 3.11. The molecule has 0 saturated carbocycles. The number of nitrogens with one attached hydrogen (secondary N) is 1. The molecule has 0 fully saturated rings. The van der Waals surface area contributed by atoms with Crippen LogP contribution in [0.5, 0.6) is 11.5 Å². The van der Waals surface area contributed by atoms with Crippen LogP contribution in [-0.2, 0) is 0 Å². The first-order chi connectivity index (χ1) is 9.47. The fourth-order valence-corrected chi connectivity index (χ4v) is 2.37. The van der Waals surface area contributed by atoms with Crippen molar-refractivity contribution in [1.82, 2.24) is 9.97 Å². The molecular formula is C14H15ClN2O2S. The fraction of sp³-hybridized carbons (Fsp3) is 0.286. The number of halogens is 1. The first kappa shape index (κ1) is 14.8. The van der Waals surface area contributed by atoms with Crippen LogP contribution in [0.4, 0.5) is 0 Å². The quantitative estimate of drug-likeness (QED) is 0.867. The highest BCUT2D eigenvalue weighted by molar-refractivity contribution is 7.71. The number of hydrogen-bond acceptors (Lipinski definition) is 4. The monoisotopic (exact) mass is 310 g/mol. The molecule has 1 aromatic carbocycles. The Hall–Kier alpha value is -1.59. The molecule has 106 valence electrons. The van der Waals surface area contributed by atoms with Gasteiger partial charge in [-0.25, -0.2) is 4.98 Å². The zero-order valence-corrected chi connectivity index (χ0v) is 13.3. The summed E-state index contributed by atoms with van der Waals surface area (Å²) in [6.07, 6.45) is 0. The average molecular weight is 311 g/mol. The molecule has 2 rings (SSSR count). The van der Waals surface area contributed by atoms with Gasteiger partial charge in [-0.2, -0.15) is 0 Å². The predicted molar refractivity (Wildman–Crippen MR) is 82.4 cm³/mol. The molecule has 0 saturated heterocycles. The maximum atomic E-state index is 6.20. The second kappa shape index (κ2) is 5.81. The van der Waals surface area contributed by atoms with E-state index in [1.165, 1.54) is 0 Å². The van der Waals surface area contributed by atoms with Crippen LogP contribution in [-0.4, -0.2) is 24.2 Å². The molecule has 1 heterocycles. The third-order valence-electron chi connectivity index (χ3n) is 3.11. The number of nitrogens with zero attached hydrogens (tertiary/aromatic N) is 1. The number of methoxy groups -OCH3 is 2. The second-order valence-corrected chi connectivity index (χ2v) is 5.13. The number of aryl methyl sites for hydroxylation is 1. The Bertz CT molecular complexity index is 713. The highest BCUT2D eigenvalue weighted by Gasteiger charge is 2.13. The summed E-state index contributed by atoms with van der Waals surface area (Å²) >= 11 is 11.5. The zero-order valence-electron chi connectivity index (χ0n) is 11.7. The number of benzene rings is 1. The van der Waals surface area contributed by atoms with Gasteiger partial charge in [0.05, 0.1) is 19.2 Å². The van der Waals surface area contributed by atoms with Crippen molar-refractivity contribution in [2.75, 3.05) is 14.2 Å². The van der Waals surface area contributed by atoms with E-state index >= 15 is 0 Å². The minimum absolute atomic E-state index is 0.459. The standard InChI is InChI=1S/C14H15ClN2O2S/c1-7-8(2)16-13(17-14(7)20)9-5-10(15)12(19-4)11(6-9)18-3/h5-6H,1-4H3,(H,16,17,20). The molecular weight excluding hydrogens is 296 g/mol. The second-order valence-electron chi connectivity index (χ2n) is 4.33. The fourth-order valence-electron chi connectivity index (χ4n) is 1.84. The molecule has 0 radical (unpaired) electrons. The lowest BCUT2D eigenvalue weighted by Gasteiger charge is -2.12. The minimum atomic E-state index is 0.459. The largest absolute Gasteiger partial charge is 0.493 e. The SMILES string of the molecule is COc1cc(-c2nc(=S)c(C)c(C)[nH]2)cc(Cl)c1OC. The number of aromatic nitrogens is 2. The van der Waals surface area contributed by atoms with E-state index in [1.54, 1.807) is 20.3 Å². The lowest BCUT2D eigenvalue weighted by Crippen LogP contribution is -1.98. The van der Waals surface area contributed by atoms with E-state index in [2.05, 4.69) is 9.97 Å². The summed E-state index contributed by atoms with van der Waals surface area (Å²) in [6, 6.07) is 3.58. The molecule has 0 amide bonds. The van der Waals surface area contributed by atoms with Crippen molar-refractivity contribution < 1.29 is 9.47 Å². The topological polar surface area (TPSA) is 47.1 Å². The van der Waals surface area contributed by atoms with Crippen molar-refractivity contribution in [2.24, 2.45) is 0 Å². The molecule has 1 aromatic heterocycles. The molecule has 0 unspecified atom stereocenters. The van der Waals surface area contributed by atoms with E-state index in [-0.39, 0.29) is 0 Å².